The SMILES string of the molecule is CCOc1c(Cl)cc(CNC(=O)c2ccc(S(=O)(=O)NCc3cccs3)cc2)cc1OC. The molecular weight excluding hydrogens is 472 g/mol. The number of benzene rings is 2. The first-order valence-corrected chi connectivity index (χ1v) is 12.5. The number of carbonyl (C=O) groups excluding carboxylic acids is 1. The fraction of sp³-hybridized carbons (Fsp3) is 0.227. The third-order valence-corrected chi connectivity index (χ3v) is 7.05. The van der Waals surface area contributed by atoms with Gasteiger partial charge in [0, 0.05) is 23.5 Å². The number of amides is 1. The van der Waals surface area contributed by atoms with Crippen molar-refractivity contribution >= 4 is 38.9 Å². The highest BCUT2D eigenvalue weighted by Crippen LogP contribution is 2.36. The molecule has 0 spiro atoms. The number of ether oxygens (including phenoxy) is 2. The Balaban J connectivity index is 1.63. The van der Waals surface area contributed by atoms with E-state index in [4.69, 9.17) is 21.1 Å². The van der Waals surface area contributed by atoms with Crippen molar-refractivity contribution in [1.29, 1.82) is 0 Å². The molecule has 3 rings (SSSR count). The van der Waals surface area contributed by atoms with E-state index in [1.165, 1.54) is 42.7 Å². The molecule has 0 bridgehead atoms. The zero-order valence-electron chi connectivity index (χ0n) is 17.6. The monoisotopic (exact) mass is 494 g/mol. The molecule has 3 aromatic rings. The van der Waals surface area contributed by atoms with Gasteiger partial charge < -0.3 is 14.8 Å². The first-order valence-electron chi connectivity index (χ1n) is 9.73. The summed E-state index contributed by atoms with van der Waals surface area (Å²) in [7, 11) is -2.16. The molecule has 1 aromatic heterocycles. The zero-order valence-corrected chi connectivity index (χ0v) is 19.9. The van der Waals surface area contributed by atoms with Crippen LogP contribution in [0.4, 0.5) is 0 Å². The molecule has 0 radical (unpaired) electrons. The minimum atomic E-state index is -3.67. The van der Waals surface area contributed by atoms with Gasteiger partial charge in [-0.25, -0.2) is 13.1 Å². The lowest BCUT2D eigenvalue weighted by Crippen LogP contribution is -2.24. The lowest BCUT2D eigenvalue weighted by molar-refractivity contribution is 0.0950. The number of carbonyl (C=O) groups is 1. The lowest BCUT2D eigenvalue weighted by Gasteiger charge is -2.13. The maximum absolute atomic E-state index is 12.5. The standard InChI is InChI=1S/C22H23ClN2O5S2/c1-3-30-21-19(23)11-15(12-20(21)29-2)13-24-22(26)16-6-8-18(9-7-16)32(27,28)25-14-17-5-4-10-31-17/h4-12,25H,3,13-14H2,1-2H3,(H,24,26). The Labute approximate surface area is 196 Å². The molecule has 1 heterocycles. The molecular formula is C22H23ClN2O5S2. The van der Waals surface area contributed by atoms with Crippen molar-refractivity contribution in [3.63, 3.8) is 0 Å². The molecule has 2 N–H and O–H groups in total. The molecule has 170 valence electrons. The molecule has 2 aromatic carbocycles. The van der Waals surface area contributed by atoms with E-state index in [9.17, 15) is 13.2 Å². The summed E-state index contributed by atoms with van der Waals surface area (Å²) in [6.45, 7) is 2.72. The highest BCUT2D eigenvalue weighted by molar-refractivity contribution is 7.89. The molecule has 1 amide bonds. The van der Waals surface area contributed by atoms with Crippen LogP contribution in [0.3, 0.4) is 0 Å². The Kier molecular flexibility index (Phi) is 8.14. The van der Waals surface area contributed by atoms with Crippen molar-refractivity contribution in [2.45, 2.75) is 24.9 Å². The van der Waals surface area contributed by atoms with Crippen LogP contribution in [0.15, 0.2) is 58.8 Å². The summed E-state index contributed by atoms with van der Waals surface area (Å²) in [6, 6.07) is 12.9. The summed E-state index contributed by atoms with van der Waals surface area (Å²) in [4.78, 5) is 13.5. The minimum Gasteiger partial charge on any atom is -0.493 e. The van der Waals surface area contributed by atoms with E-state index in [0.717, 1.165) is 10.4 Å². The second-order valence-electron chi connectivity index (χ2n) is 6.65. The van der Waals surface area contributed by atoms with Crippen LogP contribution in [0.2, 0.25) is 5.02 Å². The van der Waals surface area contributed by atoms with Crippen LogP contribution in [-0.2, 0) is 23.1 Å². The first-order chi connectivity index (χ1) is 15.3. The van der Waals surface area contributed by atoms with Gasteiger partial charge in [0.25, 0.3) is 5.91 Å². The van der Waals surface area contributed by atoms with E-state index in [2.05, 4.69) is 10.0 Å². The average molecular weight is 495 g/mol. The molecule has 32 heavy (non-hydrogen) atoms. The van der Waals surface area contributed by atoms with Gasteiger partial charge in [-0.1, -0.05) is 17.7 Å². The molecule has 0 unspecified atom stereocenters. The molecule has 0 saturated heterocycles. The van der Waals surface area contributed by atoms with Gasteiger partial charge in [-0.2, -0.15) is 0 Å². The topological polar surface area (TPSA) is 93.7 Å². The second-order valence-corrected chi connectivity index (χ2v) is 9.86. The van der Waals surface area contributed by atoms with Gasteiger partial charge in [0.15, 0.2) is 11.5 Å². The molecule has 7 nitrogen and oxygen atoms in total. The highest BCUT2D eigenvalue weighted by Gasteiger charge is 2.16. The first kappa shape index (κ1) is 24.1. The van der Waals surface area contributed by atoms with E-state index in [-0.39, 0.29) is 23.9 Å². The Morgan fingerprint density at radius 2 is 1.88 bits per heavy atom. The summed E-state index contributed by atoms with van der Waals surface area (Å²) in [5, 5.41) is 5.06. The summed E-state index contributed by atoms with van der Waals surface area (Å²) < 4.78 is 38.2. The minimum absolute atomic E-state index is 0.0913. The maximum atomic E-state index is 12.5. The zero-order chi connectivity index (χ0) is 23.1. The Morgan fingerprint density at radius 3 is 2.50 bits per heavy atom. The van der Waals surface area contributed by atoms with Gasteiger partial charge in [0.05, 0.1) is 23.6 Å². The molecule has 0 aliphatic heterocycles. The Bertz CT molecular complexity index is 1160. The second kappa shape index (κ2) is 10.8. The van der Waals surface area contributed by atoms with Gasteiger partial charge >= 0.3 is 0 Å². The molecule has 0 aliphatic carbocycles. The average Bonchev–Trinajstić information content (AvgIpc) is 3.31. The molecule has 0 atom stereocenters. The molecule has 0 fully saturated rings. The van der Waals surface area contributed by atoms with Crippen LogP contribution in [0.5, 0.6) is 11.5 Å². The van der Waals surface area contributed by atoms with Crippen LogP contribution in [0.1, 0.15) is 27.7 Å². The lowest BCUT2D eigenvalue weighted by atomic mass is 10.1. The third kappa shape index (κ3) is 6.01. The van der Waals surface area contributed by atoms with Crippen LogP contribution in [0, 0.1) is 0 Å². The predicted octanol–water partition coefficient (Wildman–Crippen LogP) is 4.22. The van der Waals surface area contributed by atoms with Crippen molar-refractivity contribution in [2.75, 3.05) is 13.7 Å². The summed E-state index contributed by atoms with van der Waals surface area (Å²) in [5.74, 6) is 0.592. The van der Waals surface area contributed by atoms with E-state index < -0.39 is 10.0 Å². The maximum Gasteiger partial charge on any atom is 0.251 e. The molecule has 10 heteroatoms. The highest BCUT2D eigenvalue weighted by atomic mass is 35.5. The van der Waals surface area contributed by atoms with Crippen molar-refractivity contribution in [2.24, 2.45) is 0 Å². The summed E-state index contributed by atoms with van der Waals surface area (Å²) in [6.07, 6.45) is 0. The van der Waals surface area contributed by atoms with E-state index in [0.29, 0.717) is 28.7 Å². The number of thiophene rings is 1. The summed E-state index contributed by atoms with van der Waals surface area (Å²) >= 11 is 7.73. The fourth-order valence-electron chi connectivity index (χ4n) is 2.89. The molecule has 0 saturated carbocycles. The number of halogens is 1. The van der Waals surface area contributed by atoms with Crippen LogP contribution >= 0.6 is 22.9 Å². The van der Waals surface area contributed by atoms with Crippen molar-refractivity contribution in [3.8, 4) is 11.5 Å². The van der Waals surface area contributed by atoms with Gasteiger partial charge in [0.1, 0.15) is 0 Å². The van der Waals surface area contributed by atoms with Crippen LogP contribution < -0.4 is 19.5 Å². The Morgan fingerprint density at radius 1 is 1.12 bits per heavy atom. The van der Waals surface area contributed by atoms with Gasteiger partial charge in [0.2, 0.25) is 10.0 Å². The fourth-order valence-corrected chi connectivity index (χ4v) is 4.92. The van der Waals surface area contributed by atoms with Gasteiger partial charge in [-0.3, -0.25) is 4.79 Å². The number of nitrogens with one attached hydrogen (secondary N) is 2. The number of methoxy groups -OCH3 is 1. The number of sulfonamides is 1. The van der Waals surface area contributed by atoms with Crippen molar-refractivity contribution < 1.29 is 22.7 Å². The quantitative estimate of drug-likeness (QED) is 0.440. The predicted molar refractivity (Wildman–Crippen MR) is 125 cm³/mol. The normalized spacial score (nSPS) is 11.2. The van der Waals surface area contributed by atoms with Crippen LogP contribution in [-0.4, -0.2) is 28.0 Å². The van der Waals surface area contributed by atoms with E-state index in [1.54, 1.807) is 12.1 Å². The number of rotatable bonds is 10. The van der Waals surface area contributed by atoms with Crippen molar-refractivity contribution in [1.82, 2.24) is 10.0 Å². The largest absolute Gasteiger partial charge is 0.493 e. The van der Waals surface area contributed by atoms with Crippen LogP contribution in [0.25, 0.3) is 0 Å². The van der Waals surface area contributed by atoms with Gasteiger partial charge in [-0.05, 0) is 60.3 Å². The van der Waals surface area contributed by atoms with Gasteiger partial charge in [-0.15, -0.1) is 11.3 Å². The Hall–Kier alpha value is -2.59. The number of hydrogen-bond donors (Lipinski definition) is 2. The smallest absolute Gasteiger partial charge is 0.251 e. The number of hydrogen-bond acceptors (Lipinski definition) is 6. The summed E-state index contributed by atoms with van der Waals surface area (Å²) in [5.41, 5.74) is 1.08. The van der Waals surface area contributed by atoms with E-state index in [1.807, 2.05) is 24.4 Å². The van der Waals surface area contributed by atoms with E-state index >= 15 is 0 Å². The molecule has 0 aliphatic rings. The van der Waals surface area contributed by atoms with Crippen molar-refractivity contribution in [3.05, 3.63) is 74.9 Å². The third-order valence-electron chi connectivity index (χ3n) is 4.47.